The lowest BCUT2D eigenvalue weighted by atomic mass is 10.1. The van der Waals surface area contributed by atoms with Gasteiger partial charge in [0, 0.05) is 31.5 Å². The Morgan fingerprint density at radius 2 is 2.10 bits per heavy atom. The molecule has 0 radical (unpaired) electrons. The molecule has 0 aliphatic carbocycles. The van der Waals surface area contributed by atoms with E-state index in [0.29, 0.717) is 25.4 Å². The molecule has 30 heavy (non-hydrogen) atoms. The Morgan fingerprint density at radius 3 is 2.77 bits per heavy atom. The van der Waals surface area contributed by atoms with Gasteiger partial charge in [-0.25, -0.2) is 4.79 Å². The lowest BCUT2D eigenvalue weighted by molar-refractivity contribution is -0.138. The van der Waals surface area contributed by atoms with Gasteiger partial charge in [0.2, 0.25) is 0 Å². The van der Waals surface area contributed by atoms with E-state index < -0.39 is 17.8 Å². The predicted molar refractivity (Wildman–Crippen MR) is 113 cm³/mol. The van der Waals surface area contributed by atoms with Gasteiger partial charge in [-0.2, -0.15) is 13.2 Å². The van der Waals surface area contributed by atoms with Crippen molar-refractivity contribution in [2.45, 2.75) is 19.1 Å². The number of piperazine rings is 1. The molecule has 0 saturated carbocycles. The number of aryl methyl sites for hydroxylation is 1. The second kappa shape index (κ2) is 11.2. The van der Waals surface area contributed by atoms with Crippen LogP contribution in [0.1, 0.15) is 11.1 Å². The Morgan fingerprint density at radius 1 is 1.33 bits per heavy atom. The van der Waals surface area contributed by atoms with Crippen LogP contribution in [-0.4, -0.2) is 48.2 Å². The summed E-state index contributed by atoms with van der Waals surface area (Å²) in [4.78, 5) is 18.2. The quantitative estimate of drug-likeness (QED) is 0.710. The minimum absolute atomic E-state index is 0. The highest BCUT2D eigenvalue weighted by atomic mass is 35.5. The summed E-state index contributed by atoms with van der Waals surface area (Å²) in [7, 11) is 0. The van der Waals surface area contributed by atoms with Crippen molar-refractivity contribution < 1.29 is 22.7 Å². The third-order valence-electron chi connectivity index (χ3n) is 4.48. The Bertz CT molecular complexity index is 825. The number of carbonyl (C=O) groups excluding carboxylic acids is 1. The molecule has 1 aliphatic heterocycles. The molecule has 1 aromatic carbocycles. The summed E-state index contributed by atoms with van der Waals surface area (Å²) < 4.78 is 45.0. The summed E-state index contributed by atoms with van der Waals surface area (Å²) in [5.41, 5.74) is -0.550. The number of hydrogen-bond donors (Lipinski definition) is 2. The molecule has 0 bridgehead atoms. The summed E-state index contributed by atoms with van der Waals surface area (Å²) in [5, 5.41) is 5.76. The second-order valence-corrected chi connectivity index (χ2v) is 6.51. The van der Waals surface area contributed by atoms with Gasteiger partial charge >= 0.3 is 12.2 Å². The number of urea groups is 1. The van der Waals surface area contributed by atoms with Crippen LogP contribution in [0.4, 0.5) is 23.7 Å². The lowest BCUT2D eigenvalue weighted by Crippen LogP contribution is -2.57. The summed E-state index contributed by atoms with van der Waals surface area (Å²) in [6, 6.07) is 6.55. The van der Waals surface area contributed by atoms with Gasteiger partial charge in [0.25, 0.3) is 0 Å². The van der Waals surface area contributed by atoms with Crippen LogP contribution in [-0.2, 0) is 6.18 Å². The van der Waals surface area contributed by atoms with Crippen LogP contribution in [0.3, 0.4) is 0 Å². The molecule has 1 aromatic heterocycles. The molecule has 1 aliphatic rings. The van der Waals surface area contributed by atoms with Crippen LogP contribution in [0.2, 0.25) is 0 Å². The Balaban J connectivity index is 0.00000225. The molecule has 166 valence electrons. The number of hydrogen-bond acceptors (Lipinski definition) is 4. The number of rotatable bonds is 4. The maximum Gasteiger partial charge on any atom is 0.416 e. The van der Waals surface area contributed by atoms with E-state index in [2.05, 4.69) is 15.6 Å². The van der Waals surface area contributed by atoms with Crippen LogP contribution >= 0.6 is 24.8 Å². The smallest absolute Gasteiger partial charge is 0.416 e. The van der Waals surface area contributed by atoms with Gasteiger partial charge in [0.15, 0.2) is 0 Å². The third-order valence-corrected chi connectivity index (χ3v) is 4.48. The molecular formula is C19H23Cl2F3N4O2. The van der Waals surface area contributed by atoms with Crippen LogP contribution in [0.25, 0.3) is 0 Å². The zero-order chi connectivity index (χ0) is 20.1. The van der Waals surface area contributed by atoms with Gasteiger partial charge in [-0.15, -0.1) is 24.8 Å². The maximum atomic E-state index is 13.1. The fourth-order valence-corrected chi connectivity index (χ4v) is 3.00. The fourth-order valence-electron chi connectivity index (χ4n) is 3.00. The number of nitrogens with zero attached hydrogens (tertiary/aromatic N) is 2. The highest BCUT2D eigenvalue weighted by Crippen LogP contribution is 2.33. The van der Waals surface area contributed by atoms with Crippen LogP contribution < -0.4 is 15.4 Å². The molecule has 3 rings (SSSR count). The first-order valence-electron chi connectivity index (χ1n) is 8.83. The van der Waals surface area contributed by atoms with Crippen LogP contribution in [0, 0.1) is 6.92 Å². The molecule has 2 N–H and O–H groups in total. The molecule has 1 atom stereocenters. The van der Waals surface area contributed by atoms with E-state index >= 15 is 0 Å². The van der Waals surface area contributed by atoms with Crippen molar-refractivity contribution in [3.63, 3.8) is 0 Å². The van der Waals surface area contributed by atoms with E-state index in [-0.39, 0.29) is 48.7 Å². The van der Waals surface area contributed by atoms with Gasteiger partial charge in [-0.3, -0.25) is 4.98 Å². The second-order valence-electron chi connectivity index (χ2n) is 6.51. The van der Waals surface area contributed by atoms with Crippen LogP contribution in [0.5, 0.6) is 5.75 Å². The van der Waals surface area contributed by atoms with Gasteiger partial charge in [-0.05, 0) is 36.8 Å². The van der Waals surface area contributed by atoms with Crippen molar-refractivity contribution in [1.29, 1.82) is 0 Å². The van der Waals surface area contributed by atoms with Crippen molar-refractivity contribution in [1.82, 2.24) is 15.2 Å². The topological polar surface area (TPSA) is 66.5 Å². The summed E-state index contributed by atoms with van der Waals surface area (Å²) >= 11 is 0. The maximum absolute atomic E-state index is 13.1. The van der Waals surface area contributed by atoms with Crippen molar-refractivity contribution in [3.8, 4) is 5.75 Å². The number of pyridine rings is 1. The number of nitrogens with one attached hydrogen (secondary N) is 2. The molecule has 6 nitrogen and oxygen atoms in total. The van der Waals surface area contributed by atoms with Crippen LogP contribution in [0.15, 0.2) is 42.7 Å². The average molecular weight is 467 g/mol. The number of halogens is 5. The number of benzene rings is 1. The zero-order valence-electron chi connectivity index (χ0n) is 16.1. The highest BCUT2D eigenvalue weighted by Gasteiger charge is 2.33. The van der Waals surface area contributed by atoms with E-state index in [1.54, 1.807) is 29.4 Å². The number of aromatic nitrogens is 1. The van der Waals surface area contributed by atoms with Crippen molar-refractivity contribution >= 4 is 36.5 Å². The molecule has 2 amide bonds. The van der Waals surface area contributed by atoms with Gasteiger partial charge in [-0.1, -0.05) is 6.07 Å². The van der Waals surface area contributed by atoms with E-state index in [9.17, 15) is 18.0 Å². The minimum atomic E-state index is -4.47. The summed E-state index contributed by atoms with van der Waals surface area (Å²) in [6.45, 7) is 3.17. The van der Waals surface area contributed by atoms with Crippen molar-refractivity contribution in [2.24, 2.45) is 0 Å². The average Bonchev–Trinajstić information content (AvgIpc) is 2.68. The SMILES string of the molecule is Cc1ccc(NC(=O)N2CCNCC2COc2cccnc2)cc1C(F)(F)F.Cl.Cl. The normalized spacial score (nSPS) is 16.1. The Kier molecular flexibility index (Phi) is 9.67. The highest BCUT2D eigenvalue weighted by molar-refractivity contribution is 5.89. The number of alkyl halides is 3. The minimum Gasteiger partial charge on any atom is -0.490 e. The lowest BCUT2D eigenvalue weighted by Gasteiger charge is -2.36. The first-order chi connectivity index (χ1) is 13.3. The number of carbonyl (C=O) groups is 1. The number of amides is 2. The monoisotopic (exact) mass is 466 g/mol. The first kappa shape index (κ1) is 25.8. The number of ether oxygens (including phenoxy) is 1. The molecule has 2 aromatic rings. The van der Waals surface area contributed by atoms with Gasteiger partial charge in [0.05, 0.1) is 17.8 Å². The third kappa shape index (κ3) is 6.65. The molecule has 0 spiro atoms. The van der Waals surface area contributed by atoms with Gasteiger partial charge < -0.3 is 20.3 Å². The standard InChI is InChI=1S/C19H21F3N4O2.2ClH/c1-13-4-5-14(9-17(13)19(20,21)22)25-18(27)26-8-7-24-10-15(26)12-28-16-3-2-6-23-11-16;;/h2-6,9,11,15,24H,7-8,10,12H2,1H3,(H,25,27);2*1H. The molecule has 1 fully saturated rings. The van der Waals surface area contributed by atoms with Crippen molar-refractivity contribution in [2.75, 3.05) is 31.6 Å². The molecule has 1 unspecified atom stereocenters. The Hall–Kier alpha value is -2.23. The van der Waals surface area contributed by atoms with E-state index in [1.165, 1.54) is 19.1 Å². The van der Waals surface area contributed by atoms with E-state index in [4.69, 9.17) is 4.74 Å². The largest absolute Gasteiger partial charge is 0.490 e. The fraction of sp³-hybridized carbons (Fsp3) is 0.368. The summed E-state index contributed by atoms with van der Waals surface area (Å²) in [6.07, 6.45) is -1.27. The molecular weight excluding hydrogens is 444 g/mol. The van der Waals surface area contributed by atoms with E-state index in [1.807, 2.05) is 0 Å². The molecule has 1 saturated heterocycles. The predicted octanol–water partition coefficient (Wildman–Crippen LogP) is 4.14. The van der Waals surface area contributed by atoms with Gasteiger partial charge in [0.1, 0.15) is 12.4 Å². The van der Waals surface area contributed by atoms with Crippen molar-refractivity contribution in [3.05, 3.63) is 53.9 Å². The Labute approximate surface area is 185 Å². The molecule has 2 heterocycles. The zero-order valence-corrected chi connectivity index (χ0v) is 17.7. The summed E-state index contributed by atoms with van der Waals surface area (Å²) in [5.74, 6) is 0.585. The van der Waals surface area contributed by atoms with E-state index in [0.717, 1.165) is 6.07 Å². The number of anilines is 1. The first-order valence-corrected chi connectivity index (χ1v) is 8.83. The molecule has 11 heteroatoms.